The van der Waals surface area contributed by atoms with Crippen molar-refractivity contribution in [1.29, 1.82) is 0 Å². The predicted octanol–water partition coefficient (Wildman–Crippen LogP) is 3.31. The third-order valence-corrected chi connectivity index (χ3v) is 3.58. The predicted molar refractivity (Wildman–Crippen MR) is 71.6 cm³/mol. The lowest BCUT2D eigenvalue weighted by Gasteiger charge is -1.97. The molecule has 1 aliphatic rings. The maximum atomic E-state index is 5.68. The molecule has 0 amide bonds. The number of nitrogens with zero attached hydrogens (tertiary/aromatic N) is 2. The molecule has 0 unspecified atom stereocenters. The molecule has 7 heteroatoms. The van der Waals surface area contributed by atoms with Gasteiger partial charge in [-0.25, -0.2) is 0 Å². The summed E-state index contributed by atoms with van der Waals surface area (Å²) in [5, 5.41) is 8.90. The summed E-state index contributed by atoms with van der Waals surface area (Å²) in [6.07, 6.45) is 0. The monoisotopic (exact) mass is 296 g/mol. The van der Waals surface area contributed by atoms with Crippen LogP contribution in [-0.2, 0) is 0 Å². The van der Waals surface area contributed by atoms with Crippen LogP contribution in [0.15, 0.2) is 39.5 Å². The molecule has 1 aromatic carbocycles. The molecule has 1 aromatic heterocycles. The van der Waals surface area contributed by atoms with Gasteiger partial charge >= 0.3 is 0 Å². The summed E-state index contributed by atoms with van der Waals surface area (Å²) in [6, 6.07) is 5.47. The highest BCUT2D eigenvalue weighted by molar-refractivity contribution is 7.99. The molecule has 1 aliphatic heterocycles. The van der Waals surface area contributed by atoms with E-state index >= 15 is 0 Å². The van der Waals surface area contributed by atoms with Gasteiger partial charge in [0.05, 0.1) is 0 Å². The van der Waals surface area contributed by atoms with Crippen molar-refractivity contribution in [3.8, 4) is 23.0 Å². The van der Waals surface area contributed by atoms with Gasteiger partial charge in [-0.15, -0.1) is 10.2 Å². The lowest BCUT2D eigenvalue weighted by molar-refractivity contribution is 0.174. The van der Waals surface area contributed by atoms with E-state index in [9.17, 15) is 0 Å². The maximum absolute atomic E-state index is 5.68. The van der Waals surface area contributed by atoms with Gasteiger partial charge in [-0.2, -0.15) is 0 Å². The van der Waals surface area contributed by atoms with Crippen LogP contribution in [0.1, 0.15) is 0 Å². The van der Waals surface area contributed by atoms with Crippen LogP contribution in [0.5, 0.6) is 11.5 Å². The largest absolute Gasteiger partial charge is 0.454 e. The summed E-state index contributed by atoms with van der Waals surface area (Å²) in [4.78, 5) is 0. The van der Waals surface area contributed by atoms with Gasteiger partial charge in [-0.05, 0) is 18.2 Å². The fraction of sp³-hybridized carbons (Fsp3) is 0.167. The van der Waals surface area contributed by atoms with E-state index in [0.29, 0.717) is 27.6 Å². The number of fused-ring (bicyclic) bond motifs is 1. The Balaban J connectivity index is 1.80. The zero-order valence-electron chi connectivity index (χ0n) is 9.76. The third-order valence-electron chi connectivity index (χ3n) is 2.38. The Morgan fingerprint density at radius 2 is 2.16 bits per heavy atom. The molecule has 0 bridgehead atoms. The van der Waals surface area contributed by atoms with E-state index in [2.05, 4.69) is 16.8 Å². The first-order chi connectivity index (χ1) is 9.22. The summed E-state index contributed by atoms with van der Waals surface area (Å²) in [5.74, 6) is 2.36. The normalized spacial score (nSPS) is 12.7. The average molecular weight is 297 g/mol. The van der Waals surface area contributed by atoms with Crippen LogP contribution in [0.25, 0.3) is 11.5 Å². The zero-order valence-corrected chi connectivity index (χ0v) is 11.3. The van der Waals surface area contributed by atoms with Crippen LogP contribution >= 0.6 is 23.4 Å². The molecule has 5 nitrogen and oxygen atoms in total. The SMILES string of the molecule is C=C(Cl)CSc1nnc(-c2ccc3c(c2)OCO3)o1. The van der Waals surface area contributed by atoms with Gasteiger partial charge in [0, 0.05) is 16.3 Å². The second kappa shape index (κ2) is 5.14. The van der Waals surface area contributed by atoms with Crippen LogP contribution in [0.4, 0.5) is 0 Å². The van der Waals surface area contributed by atoms with E-state index in [0.717, 1.165) is 11.3 Å². The number of ether oxygens (including phenoxy) is 2. The first kappa shape index (κ1) is 12.4. The van der Waals surface area contributed by atoms with Crippen molar-refractivity contribution >= 4 is 23.4 Å². The molecule has 0 N–H and O–H groups in total. The minimum absolute atomic E-state index is 0.238. The van der Waals surface area contributed by atoms with E-state index in [1.165, 1.54) is 11.8 Å². The minimum atomic E-state index is 0.238. The Morgan fingerprint density at radius 3 is 3.00 bits per heavy atom. The molecular weight excluding hydrogens is 288 g/mol. The van der Waals surface area contributed by atoms with Crippen LogP contribution < -0.4 is 9.47 Å². The minimum Gasteiger partial charge on any atom is -0.454 e. The highest BCUT2D eigenvalue weighted by Crippen LogP contribution is 2.36. The summed E-state index contributed by atoms with van der Waals surface area (Å²) < 4.78 is 16.1. The molecule has 19 heavy (non-hydrogen) atoms. The number of aromatic nitrogens is 2. The van der Waals surface area contributed by atoms with Crippen molar-refractivity contribution in [1.82, 2.24) is 10.2 Å². The Hall–Kier alpha value is -1.66. The fourth-order valence-corrected chi connectivity index (χ4v) is 2.23. The molecule has 0 radical (unpaired) electrons. The number of thioether (sulfide) groups is 1. The molecule has 98 valence electrons. The van der Waals surface area contributed by atoms with Crippen molar-refractivity contribution in [2.24, 2.45) is 0 Å². The highest BCUT2D eigenvalue weighted by atomic mass is 35.5. The van der Waals surface area contributed by atoms with Gasteiger partial charge in [-0.1, -0.05) is 29.9 Å². The lowest BCUT2D eigenvalue weighted by atomic mass is 10.2. The number of hydrogen-bond acceptors (Lipinski definition) is 6. The molecule has 2 heterocycles. The Kier molecular flexibility index (Phi) is 3.35. The number of benzene rings is 1. The molecule has 0 atom stereocenters. The van der Waals surface area contributed by atoms with Crippen LogP contribution in [0, 0.1) is 0 Å². The number of halogens is 1. The Labute approximate surface area is 118 Å². The Morgan fingerprint density at radius 1 is 1.32 bits per heavy atom. The average Bonchev–Trinajstić information content (AvgIpc) is 3.04. The zero-order chi connectivity index (χ0) is 13.2. The van der Waals surface area contributed by atoms with Crippen LogP contribution in [0.3, 0.4) is 0 Å². The van der Waals surface area contributed by atoms with Crippen molar-refractivity contribution < 1.29 is 13.9 Å². The first-order valence-electron chi connectivity index (χ1n) is 5.42. The van der Waals surface area contributed by atoms with E-state index in [1.807, 2.05) is 18.2 Å². The van der Waals surface area contributed by atoms with Crippen LogP contribution in [0.2, 0.25) is 0 Å². The topological polar surface area (TPSA) is 57.4 Å². The molecule has 0 saturated heterocycles. The quantitative estimate of drug-likeness (QED) is 0.807. The van der Waals surface area contributed by atoms with Gasteiger partial charge < -0.3 is 13.9 Å². The summed E-state index contributed by atoms with van der Waals surface area (Å²) in [7, 11) is 0. The number of rotatable bonds is 4. The molecule has 3 rings (SSSR count). The van der Waals surface area contributed by atoms with Crippen LogP contribution in [-0.4, -0.2) is 22.7 Å². The lowest BCUT2D eigenvalue weighted by Crippen LogP contribution is -1.92. The molecule has 0 spiro atoms. The van der Waals surface area contributed by atoms with Gasteiger partial charge in [0.25, 0.3) is 5.22 Å². The standard InChI is InChI=1S/C12H9ClN2O3S/c1-7(13)5-19-12-15-14-11(18-12)8-2-3-9-10(4-8)17-6-16-9/h2-4H,1,5-6H2. The summed E-state index contributed by atoms with van der Waals surface area (Å²) >= 11 is 7.02. The van der Waals surface area contributed by atoms with Gasteiger partial charge in [0.15, 0.2) is 11.5 Å². The molecule has 0 aliphatic carbocycles. The van der Waals surface area contributed by atoms with Crippen molar-refractivity contribution in [3.05, 3.63) is 29.8 Å². The smallest absolute Gasteiger partial charge is 0.277 e. The highest BCUT2D eigenvalue weighted by Gasteiger charge is 2.16. The van der Waals surface area contributed by atoms with Crippen molar-refractivity contribution in [2.75, 3.05) is 12.5 Å². The van der Waals surface area contributed by atoms with E-state index < -0.39 is 0 Å². The van der Waals surface area contributed by atoms with Gasteiger partial charge in [0.2, 0.25) is 12.7 Å². The molecule has 0 saturated carbocycles. The van der Waals surface area contributed by atoms with Crippen molar-refractivity contribution in [3.63, 3.8) is 0 Å². The first-order valence-corrected chi connectivity index (χ1v) is 6.78. The Bertz CT molecular complexity index is 629. The second-order valence-corrected chi connectivity index (χ2v) is 5.21. The van der Waals surface area contributed by atoms with Gasteiger partial charge in [0.1, 0.15) is 0 Å². The summed E-state index contributed by atoms with van der Waals surface area (Å²) in [5.41, 5.74) is 0.785. The van der Waals surface area contributed by atoms with E-state index in [-0.39, 0.29) is 6.79 Å². The summed E-state index contributed by atoms with van der Waals surface area (Å²) in [6.45, 7) is 3.84. The van der Waals surface area contributed by atoms with E-state index in [1.54, 1.807) is 0 Å². The fourth-order valence-electron chi connectivity index (χ4n) is 1.55. The maximum Gasteiger partial charge on any atom is 0.277 e. The van der Waals surface area contributed by atoms with Gasteiger partial charge in [-0.3, -0.25) is 0 Å². The molecule has 2 aromatic rings. The third kappa shape index (κ3) is 2.69. The second-order valence-electron chi connectivity index (χ2n) is 3.75. The van der Waals surface area contributed by atoms with E-state index in [4.69, 9.17) is 25.5 Å². The number of hydrogen-bond donors (Lipinski definition) is 0. The van der Waals surface area contributed by atoms with Crippen molar-refractivity contribution in [2.45, 2.75) is 5.22 Å². The molecular formula is C12H9ClN2O3S. The molecule has 0 fully saturated rings.